The van der Waals surface area contributed by atoms with Crippen LogP contribution < -0.4 is 5.32 Å². The molecule has 3 aromatic carbocycles. The van der Waals surface area contributed by atoms with Crippen LogP contribution in [-0.2, 0) is 20.7 Å². The van der Waals surface area contributed by atoms with Crippen molar-refractivity contribution in [2.24, 2.45) is 0 Å². The largest absolute Gasteiger partial charge is 0.478 e. The number of hydrogen-bond acceptors (Lipinski definition) is 4. The van der Waals surface area contributed by atoms with Crippen LogP contribution in [0.4, 0.5) is 8.78 Å². The van der Waals surface area contributed by atoms with Crippen molar-refractivity contribution in [3.05, 3.63) is 119 Å². The SMILES string of the molecule is Fc1ccc(C(OCCNCCc2ccccc2)c2ccc(F)cc2)cc1.O=C(O)/C=C\C(=O)O. The van der Waals surface area contributed by atoms with Crippen LogP contribution in [-0.4, -0.2) is 41.8 Å². The number of carbonyl (C=O) groups is 2. The van der Waals surface area contributed by atoms with Gasteiger partial charge in [-0.05, 0) is 53.9 Å². The average molecular weight is 484 g/mol. The van der Waals surface area contributed by atoms with Crippen LogP contribution in [0.15, 0.2) is 91.0 Å². The van der Waals surface area contributed by atoms with Gasteiger partial charge in [-0.1, -0.05) is 54.6 Å². The lowest BCUT2D eigenvalue weighted by molar-refractivity contribution is -0.134. The summed E-state index contributed by atoms with van der Waals surface area (Å²) in [5.74, 6) is -3.10. The summed E-state index contributed by atoms with van der Waals surface area (Å²) in [5.41, 5.74) is 2.97. The number of halogens is 2. The van der Waals surface area contributed by atoms with Crippen molar-refractivity contribution in [3.63, 3.8) is 0 Å². The Morgan fingerprint density at radius 2 is 1.26 bits per heavy atom. The predicted octanol–water partition coefficient (Wildman–Crippen LogP) is 4.61. The molecule has 0 aliphatic rings. The van der Waals surface area contributed by atoms with Gasteiger partial charge < -0.3 is 20.3 Å². The molecule has 0 aliphatic heterocycles. The molecule has 0 saturated carbocycles. The van der Waals surface area contributed by atoms with E-state index < -0.39 is 11.9 Å². The van der Waals surface area contributed by atoms with Gasteiger partial charge in [0.1, 0.15) is 17.7 Å². The Morgan fingerprint density at radius 1 is 0.771 bits per heavy atom. The van der Waals surface area contributed by atoms with Crippen molar-refractivity contribution >= 4 is 11.9 Å². The zero-order valence-electron chi connectivity index (χ0n) is 18.9. The molecule has 3 rings (SSSR count). The second kappa shape index (κ2) is 15.1. The van der Waals surface area contributed by atoms with E-state index in [9.17, 15) is 18.4 Å². The van der Waals surface area contributed by atoms with E-state index in [1.807, 2.05) is 18.2 Å². The van der Waals surface area contributed by atoms with E-state index >= 15 is 0 Å². The zero-order chi connectivity index (χ0) is 25.5. The van der Waals surface area contributed by atoms with Crippen LogP contribution in [0.2, 0.25) is 0 Å². The fourth-order valence-corrected chi connectivity index (χ4v) is 3.05. The average Bonchev–Trinajstić information content (AvgIpc) is 2.85. The molecule has 184 valence electrons. The van der Waals surface area contributed by atoms with Crippen LogP contribution >= 0.6 is 0 Å². The fourth-order valence-electron chi connectivity index (χ4n) is 3.05. The van der Waals surface area contributed by atoms with Gasteiger partial charge in [0.25, 0.3) is 0 Å². The molecule has 0 radical (unpaired) electrons. The third-order valence-electron chi connectivity index (χ3n) is 4.71. The summed E-state index contributed by atoms with van der Waals surface area (Å²) >= 11 is 0. The quantitative estimate of drug-likeness (QED) is 0.272. The van der Waals surface area contributed by atoms with E-state index in [2.05, 4.69) is 17.4 Å². The van der Waals surface area contributed by atoms with Gasteiger partial charge in [0.05, 0.1) is 6.61 Å². The molecule has 0 heterocycles. The highest BCUT2D eigenvalue weighted by Gasteiger charge is 2.15. The standard InChI is InChI=1S/C23H23F2NO.C4H4O4/c24-21-10-6-19(7-11-21)23(20-8-12-22(25)13-9-20)27-17-16-26-15-14-18-4-2-1-3-5-18;5-3(6)1-2-4(7)8/h1-13,23,26H,14-17H2;1-2H,(H,5,6)(H,7,8)/b;2-1-. The van der Waals surface area contributed by atoms with Gasteiger partial charge in [-0.3, -0.25) is 0 Å². The van der Waals surface area contributed by atoms with Gasteiger partial charge in [0.15, 0.2) is 0 Å². The highest BCUT2D eigenvalue weighted by Crippen LogP contribution is 2.26. The normalized spacial score (nSPS) is 10.7. The van der Waals surface area contributed by atoms with Crippen molar-refractivity contribution in [1.82, 2.24) is 5.32 Å². The molecule has 0 atom stereocenters. The summed E-state index contributed by atoms with van der Waals surface area (Å²) < 4.78 is 32.5. The molecule has 0 spiro atoms. The van der Waals surface area contributed by atoms with E-state index in [0.29, 0.717) is 25.3 Å². The number of aliphatic carboxylic acids is 2. The lowest BCUT2D eigenvalue weighted by Gasteiger charge is -2.19. The van der Waals surface area contributed by atoms with E-state index in [1.165, 1.54) is 29.8 Å². The van der Waals surface area contributed by atoms with Gasteiger partial charge in [-0.15, -0.1) is 0 Å². The van der Waals surface area contributed by atoms with Gasteiger partial charge in [0, 0.05) is 18.7 Å². The lowest BCUT2D eigenvalue weighted by atomic mass is 10.0. The summed E-state index contributed by atoms with van der Waals surface area (Å²) in [5, 5.41) is 19.0. The molecule has 0 aromatic heterocycles. The van der Waals surface area contributed by atoms with E-state index in [1.54, 1.807) is 24.3 Å². The molecular weight excluding hydrogens is 456 g/mol. The Labute approximate surface area is 202 Å². The summed E-state index contributed by atoms with van der Waals surface area (Å²) in [6.07, 6.45) is 1.72. The Kier molecular flexibility index (Phi) is 11.8. The fraction of sp³-hybridized carbons (Fsp3) is 0.185. The third kappa shape index (κ3) is 11.2. The van der Waals surface area contributed by atoms with Gasteiger partial charge in [-0.2, -0.15) is 0 Å². The second-order valence-electron chi connectivity index (χ2n) is 7.35. The molecule has 0 saturated heterocycles. The molecule has 0 fully saturated rings. The molecule has 3 aromatic rings. The number of ether oxygens (including phenoxy) is 1. The first-order valence-electron chi connectivity index (χ1n) is 10.9. The van der Waals surface area contributed by atoms with Crippen molar-refractivity contribution < 1.29 is 33.3 Å². The maximum absolute atomic E-state index is 13.2. The maximum atomic E-state index is 13.2. The molecule has 3 N–H and O–H groups in total. The molecule has 8 heteroatoms. The molecule has 6 nitrogen and oxygen atoms in total. The summed E-state index contributed by atoms with van der Waals surface area (Å²) in [7, 11) is 0. The van der Waals surface area contributed by atoms with Gasteiger partial charge in [-0.25, -0.2) is 18.4 Å². The molecular formula is C27H27F2NO5. The topological polar surface area (TPSA) is 95.9 Å². The summed E-state index contributed by atoms with van der Waals surface area (Å²) in [4.78, 5) is 19.1. The number of carboxylic acid groups (broad SMARTS) is 2. The predicted molar refractivity (Wildman–Crippen MR) is 128 cm³/mol. The van der Waals surface area contributed by atoms with E-state index in [0.717, 1.165) is 24.1 Å². The number of rotatable bonds is 11. The first-order chi connectivity index (χ1) is 16.8. The van der Waals surface area contributed by atoms with Crippen LogP contribution in [0.5, 0.6) is 0 Å². The Bertz CT molecular complexity index is 1010. The Balaban J connectivity index is 0.000000466. The molecule has 0 bridgehead atoms. The summed E-state index contributed by atoms with van der Waals surface area (Å²) in [6.45, 7) is 2.06. The molecule has 0 amide bonds. The number of hydrogen-bond donors (Lipinski definition) is 3. The lowest BCUT2D eigenvalue weighted by Crippen LogP contribution is -2.23. The molecule has 35 heavy (non-hydrogen) atoms. The Hall–Kier alpha value is -3.88. The minimum Gasteiger partial charge on any atom is -0.478 e. The second-order valence-corrected chi connectivity index (χ2v) is 7.35. The Morgan fingerprint density at radius 3 is 1.71 bits per heavy atom. The van der Waals surface area contributed by atoms with Gasteiger partial charge >= 0.3 is 11.9 Å². The highest BCUT2D eigenvalue weighted by molar-refractivity contribution is 5.89. The van der Waals surface area contributed by atoms with E-state index in [-0.39, 0.29) is 17.7 Å². The highest BCUT2D eigenvalue weighted by atomic mass is 19.1. The number of nitrogens with one attached hydrogen (secondary N) is 1. The smallest absolute Gasteiger partial charge is 0.328 e. The van der Waals surface area contributed by atoms with Crippen molar-refractivity contribution in [1.29, 1.82) is 0 Å². The maximum Gasteiger partial charge on any atom is 0.328 e. The van der Waals surface area contributed by atoms with Crippen LogP contribution in [0.25, 0.3) is 0 Å². The number of carboxylic acids is 2. The van der Waals surface area contributed by atoms with Crippen LogP contribution in [0, 0.1) is 11.6 Å². The van der Waals surface area contributed by atoms with Crippen molar-refractivity contribution in [3.8, 4) is 0 Å². The van der Waals surface area contributed by atoms with Crippen LogP contribution in [0.1, 0.15) is 22.8 Å². The van der Waals surface area contributed by atoms with Crippen molar-refractivity contribution in [2.75, 3.05) is 19.7 Å². The van der Waals surface area contributed by atoms with Gasteiger partial charge in [0.2, 0.25) is 0 Å². The van der Waals surface area contributed by atoms with E-state index in [4.69, 9.17) is 14.9 Å². The van der Waals surface area contributed by atoms with Crippen molar-refractivity contribution in [2.45, 2.75) is 12.5 Å². The molecule has 0 unspecified atom stereocenters. The first-order valence-corrected chi connectivity index (χ1v) is 10.9. The zero-order valence-corrected chi connectivity index (χ0v) is 18.9. The number of benzene rings is 3. The summed E-state index contributed by atoms with van der Waals surface area (Å²) in [6, 6.07) is 22.7. The molecule has 0 aliphatic carbocycles. The first kappa shape index (κ1) is 27.4. The third-order valence-corrected chi connectivity index (χ3v) is 4.71. The van der Waals surface area contributed by atoms with Crippen LogP contribution in [0.3, 0.4) is 0 Å². The minimum absolute atomic E-state index is 0.292. The monoisotopic (exact) mass is 483 g/mol. The minimum atomic E-state index is -1.26.